The quantitative estimate of drug-likeness (QED) is 0.838. The van der Waals surface area contributed by atoms with Gasteiger partial charge in [0.15, 0.2) is 0 Å². The van der Waals surface area contributed by atoms with E-state index in [1.165, 1.54) is 0 Å². The molecule has 2 N–H and O–H groups in total. The van der Waals surface area contributed by atoms with Crippen molar-refractivity contribution in [2.75, 3.05) is 11.9 Å². The van der Waals surface area contributed by atoms with Crippen LogP contribution in [-0.2, 0) is 13.6 Å². The molecule has 0 fully saturated rings. The van der Waals surface area contributed by atoms with Gasteiger partial charge in [-0.25, -0.2) is 4.98 Å². The summed E-state index contributed by atoms with van der Waals surface area (Å²) in [5.74, 6) is 0.637. The maximum absolute atomic E-state index is 11.9. The lowest BCUT2D eigenvalue weighted by atomic mass is 10.2. The minimum atomic E-state index is -0.148. The number of hydrogen-bond acceptors (Lipinski definition) is 4. The summed E-state index contributed by atoms with van der Waals surface area (Å²) in [5, 5.41) is 10.2. The number of amides is 1. The minimum Gasteiger partial charge on any atom is -0.370 e. The van der Waals surface area contributed by atoms with Gasteiger partial charge in [0.2, 0.25) is 0 Å². The number of hydrogen-bond donors (Lipinski definition) is 2. The van der Waals surface area contributed by atoms with Crippen LogP contribution in [-0.4, -0.2) is 27.2 Å². The molecule has 2 rings (SSSR count). The molecule has 0 aliphatic heterocycles. The summed E-state index contributed by atoms with van der Waals surface area (Å²) < 4.78 is 1.71. The Morgan fingerprint density at radius 2 is 2.20 bits per heavy atom. The molecular formula is C14H19N5O. The van der Waals surface area contributed by atoms with Crippen molar-refractivity contribution in [3.05, 3.63) is 41.9 Å². The largest absolute Gasteiger partial charge is 0.370 e. The zero-order valence-electron chi connectivity index (χ0n) is 11.8. The monoisotopic (exact) mass is 273 g/mol. The van der Waals surface area contributed by atoms with Gasteiger partial charge in [0.25, 0.3) is 5.91 Å². The maximum atomic E-state index is 11.9. The van der Waals surface area contributed by atoms with Gasteiger partial charge in [-0.15, -0.1) is 0 Å². The number of anilines is 1. The molecule has 20 heavy (non-hydrogen) atoms. The molecule has 0 bridgehead atoms. The van der Waals surface area contributed by atoms with Crippen LogP contribution in [0.3, 0.4) is 0 Å². The van der Waals surface area contributed by atoms with Crippen molar-refractivity contribution >= 4 is 11.7 Å². The van der Waals surface area contributed by atoms with E-state index in [2.05, 4.69) is 27.6 Å². The zero-order chi connectivity index (χ0) is 14.4. The van der Waals surface area contributed by atoms with Crippen LogP contribution in [0.1, 0.15) is 29.4 Å². The summed E-state index contributed by atoms with van der Waals surface area (Å²) in [5.41, 5.74) is 1.37. The van der Waals surface area contributed by atoms with Gasteiger partial charge >= 0.3 is 0 Å². The number of aromatic nitrogens is 3. The van der Waals surface area contributed by atoms with E-state index in [0.717, 1.165) is 24.5 Å². The van der Waals surface area contributed by atoms with Crippen LogP contribution in [0.4, 0.5) is 5.82 Å². The predicted octanol–water partition coefficient (Wildman–Crippen LogP) is 1.57. The van der Waals surface area contributed by atoms with Gasteiger partial charge in [-0.05, 0) is 24.6 Å². The van der Waals surface area contributed by atoms with Crippen LogP contribution >= 0.6 is 0 Å². The summed E-state index contributed by atoms with van der Waals surface area (Å²) in [6.45, 7) is 3.38. The average Bonchev–Trinajstić information content (AvgIpc) is 2.89. The van der Waals surface area contributed by atoms with Gasteiger partial charge in [0.05, 0.1) is 17.8 Å². The van der Waals surface area contributed by atoms with Gasteiger partial charge in [-0.1, -0.05) is 6.92 Å². The van der Waals surface area contributed by atoms with Crippen molar-refractivity contribution in [2.24, 2.45) is 7.05 Å². The van der Waals surface area contributed by atoms with Crippen molar-refractivity contribution < 1.29 is 4.79 Å². The Morgan fingerprint density at radius 3 is 2.80 bits per heavy atom. The smallest absolute Gasteiger partial charge is 0.253 e. The molecule has 0 radical (unpaired) electrons. The number of carbonyl (C=O) groups is 1. The topological polar surface area (TPSA) is 71.8 Å². The van der Waals surface area contributed by atoms with Crippen LogP contribution in [0, 0.1) is 0 Å². The van der Waals surface area contributed by atoms with Gasteiger partial charge < -0.3 is 10.6 Å². The molecule has 2 aromatic rings. The maximum Gasteiger partial charge on any atom is 0.253 e. The first kappa shape index (κ1) is 14.0. The zero-order valence-corrected chi connectivity index (χ0v) is 11.8. The minimum absolute atomic E-state index is 0.148. The predicted molar refractivity (Wildman–Crippen MR) is 77.4 cm³/mol. The molecule has 0 atom stereocenters. The fraction of sp³-hybridized carbons (Fsp3) is 0.357. The first-order valence-corrected chi connectivity index (χ1v) is 6.65. The summed E-state index contributed by atoms with van der Waals surface area (Å²) in [6, 6.07) is 5.44. The van der Waals surface area contributed by atoms with Crippen molar-refractivity contribution in [1.82, 2.24) is 20.1 Å². The average molecular weight is 273 g/mol. The molecule has 0 saturated carbocycles. The lowest BCUT2D eigenvalue weighted by Crippen LogP contribution is -2.23. The summed E-state index contributed by atoms with van der Waals surface area (Å²) >= 11 is 0. The van der Waals surface area contributed by atoms with Gasteiger partial charge in [0.1, 0.15) is 5.82 Å². The number of rotatable bonds is 6. The molecule has 6 heteroatoms. The Kier molecular flexibility index (Phi) is 4.70. The van der Waals surface area contributed by atoms with E-state index in [4.69, 9.17) is 0 Å². The Balaban J connectivity index is 1.88. The number of carbonyl (C=O) groups excluding carboxylic acids is 1. The highest BCUT2D eigenvalue weighted by molar-refractivity contribution is 5.93. The third-order valence-corrected chi connectivity index (χ3v) is 2.78. The fourth-order valence-electron chi connectivity index (χ4n) is 1.72. The normalized spacial score (nSPS) is 10.3. The summed E-state index contributed by atoms with van der Waals surface area (Å²) in [6.07, 6.45) is 4.46. The van der Waals surface area contributed by atoms with Crippen LogP contribution < -0.4 is 10.6 Å². The fourth-order valence-corrected chi connectivity index (χ4v) is 1.72. The van der Waals surface area contributed by atoms with Crippen molar-refractivity contribution in [1.29, 1.82) is 0 Å². The van der Waals surface area contributed by atoms with Crippen LogP contribution in [0.25, 0.3) is 0 Å². The number of aryl methyl sites for hydroxylation is 1. The Bertz CT molecular complexity index is 561. The van der Waals surface area contributed by atoms with Crippen molar-refractivity contribution in [3.63, 3.8) is 0 Å². The Labute approximate surface area is 118 Å². The van der Waals surface area contributed by atoms with E-state index < -0.39 is 0 Å². The molecule has 0 spiro atoms. The molecule has 2 aromatic heterocycles. The number of nitrogens with zero attached hydrogens (tertiary/aromatic N) is 3. The molecule has 106 valence electrons. The summed E-state index contributed by atoms with van der Waals surface area (Å²) in [4.78, 5) is 16.1. The third kappa shape index (κ3) is 3.81. The second kappa shape index (κ2) is 6.70. The molecule has 0 aliphatic carbocycles. The van der Waals surface area contributed by atoms with E-state index in [9.17, 15) is 4.79 Å². The van der Waals surface area contributed by atoms with E-state index in [1.54, 1.807) is 16.9 Å². The van der Waals surface area contributed by atoms with E-state index >= 15 is 0 Å². The molecule has 6 nitrogen and oxygen atoms in total. The number of pyridine rings is 1. The Morgan fingerprint density at radius 1 is 1.35 bits per heavy atom. The second-order valence-corrected chi connectivity index (χ2v) is 4.52. The van der Waals surface area contributed by atoms with Gasteiger partial charge in [-0.2, -0.15) is 5.10 Å². The van der Waals surface area contributed by atoms with Crippen LogP contribution in [0.5, 0.6) is 0 Å². The molecular weight excluding hydrogens is 254 g/mol. The molecule has 0 unspecified atom stereocenters. The highest BCUT2D eigenvalue weighted by Gasteiger charge is 2.06. The standard InChI is InChI=1S/C14H19N5O/c1-3-7-15-13-5-4-11(9-16-13)14(20)17-10-12-6-8-19(2)18-12/h4-6,8-9H,3,7,10H2,1-2H3,(H,15,16)(H,17,20). The highest BCUT2D eigenvalue weighted by Crippen LogP contribution is 2.05. The first-order valence-electron chi connectivity index (χ1n) is 6.65. The van der Waals surface area contributed by atoms with Crippen LogP contribution in [0.2, 0.25) is 0 Å². The SMILES string of the molecule is CCCNc1ccc(C(=O)NCc2ccn(C)n2)cn1. The van der Waals surface area contributed by atoms with E-state index in [1.807, 2.05) is 25.4 Å². The van der Waals surface area contributed by atoms with Crippen molar-refractivity contribution in [3.8, 4) is 0 Å². The second-order valence-electron chi connectivity index (χ2n) is 4.52. The molecule has 1 amide bonds. The Hall–Kier alpha value is -2.37. The lowest BCUT2D eigenvalue weighted by Gasteiger charge is -2.06. The molecule has 0 saturated heterocycles. The first-order chi connectivity index (χ1) is 9.69. The molecule has 2 heterocycles. The lowest BCUT2D eigenvalue weighted by molar-refractivity contribution is 0.0950. The van der Waals surface area contributed by atoms with Gasteiger partial charge in [0, 0.05) is 26.0 Å². The van der Waals surface area contributed by atoms with E-state index in [0.29, 0.717) is 12.1 Å². The highest BCUT2D eigenvalue weighted by atomic mass is 16.1. The molecule has 0 aliphatic rings. The molecule has 0 aromatic carbocycles. The summed E-state index contributed by atoms with van der Waals surface area (Å²) in [7, 11) is 1.84. The van der Waals surface area contributed by atoms with Gasteiger partial charge in [-0.3, -0.25) is 9.48 Å². The van der Waals surface area contributed by atoms with E-state index in [-0.39, 0.29) is 5.91 Å². The third-order valence-electron chi connectivity index (χ3n) is 2.78. The van der Waals surface area contributed by atoms with Crippen molar-refractivity contribution in [2.45, 2.75) is 19.9 Å². The number of nitrogens with one attached hydrogen (secondary N) is 2. The van der Waals surface area contributed by atoms with Crippen LogP contribution in [0.15, 0.2) is 30.6 Å².